The van der Waals surface area contributed by atoms with Gasteiger partial charge in [0.05, 0.1) is 5.76 Å². The van der Waals surface area contributed by atoms with E-state index in [0.717, 1.165) is 12.8 Å². The van der Waals surface area contributed by atoms with Crippen LogP contribution in [0, 0.1) is 6.92 Å². The molecule has 0 saturated carbocycles. The maximum absolute atomic E-state index is 9.06. The minimum Gasteiger partial charge on any atom is -0.693 e. The largest absolute Gasteiger partial charge is 2.00 e. The van der Waals surface area contributed by atoms with Gasteiger partial charge in [-0.25, -0.2) is 19.6 Å². The van der Waals surface area contributed by atoms with E-state index in [-0.39, 0.29) is 36.5 Å². The molecule has 0 saturated heterocycles. The summed E-state index contributed by atoms with van der Waals surface area (Å²) in [5.41, 5.74) is 1.19. The minimum atomic E-state index is 0. The molecule has 0 aromatic rings. The number of aliphatic hydroxyl groups excluding tert-OH is 1. The van der Waals surface area contributed by atoms with E-state index >= 15 is 0 Å². The van der Waals surface area contributed by atoms with Crippen LogP contribution in [0.3, 0.4) is 0 Å². The van der Waals surface area contributed by atoms with Crippen molar-refractivity contribution in [3.05, 3.63) is 37.1 Å². The van der Waals surface area contributed by atoms with Gasteiger partial charge in [-0.2, -0.15) is 9.90 Å². The van der Waals surface area contributed by atoms with Crippen LogP contribution in [-0.4, -0.2) is 5.11 Å². The van der Waals surface area contributed by atoms with Gasteiger partial charge in [-0.15, -0.1) is 0 Å². The van der Waals surface area contributed by atoms with E-state index in [1.165, 1.54) is 24.5 Å². The molecule has 1 rings (SSSR count). The number of allylic oxidation sites excluding steroid dienone is 3. The van der Waals surface area contributed by atoms with Crippen LogP contribution in [0.4, 0.5) is 0 Å². The summed E-state index contributed by atoms with van der Waals surface area (Å²) in [4.78, 5) is 0. The second-order valence-electron chi connectivity index (χ2n) is 2.72. The van der Waals surface area contributed by atoms with E-state index in [1.54, 1.807) is 0 Å². The van der Waals surface area contributed by atoms with Crippen LogP contribution in [-0.2, 0) is 20.4 Å². The molecule has 0 radical (unpaired) electrons. The second kappa shape index (κ2) is 15.7. The molecule has 1 aliphatic rings. The van der Waals surface area contributed by atoms with Gasteiger partial charge in [0.2, 0.25) is 0 Å². The van der Waals surface area contributed by atoms with Gasteiger partial charge in [-0.05, 0) is 31.8 Å². The van der Waals surface area contributed by atoms with Crippen molar-refractivity contribution in [3.63, 3.8) is 0 Å². The fourth-order valence-electron chi connectivity index (χ4n) is 1.04. The molecule has 0 spiro atoms. The third kappa shape index (κ3) is 12.2. The van der Waals surface area contributed by atoms with Gasteiger partial charge >= 0.3 is 20.4 Å². The molecule has 1 atom stereocenters. The molecule has 4 heteroatoms. The quantitative estimate of drug-likeness (QED) is 0.407. The Hall–Kier alpha value is 0.202. The molecular weight excluding hydrogens is 288 g/mol. The van der Waals surface area contributed by atoms with Gasteiger partial charge in [-0.1, -0.05) is 0 Å². The summed E-state index contributed by atoms with van der Waals surface area (Å²) in [6, 6.07) is 0. The first-order valence-electron chi connectivity index (χ1n) is 4.00. The predicted octanol–water partition coefficient (Wildman–Crippen LogP) is 4.17. The Labute approximate surface area is 105 Å². The summed E-state index contributed by atoms with van der Waals surface area (Å²) in [7, 11) is 0. The van der Waals surface area contributed by atoms with Crippen molar-refractivity contribution in [1.82, 2.24) is 0 Å². The number of aliphatic hydroxyl groups is 1. The van der Waals surface area contributed by atoms with Gasteiger partial charge in [0.1, 0.15) is 0 Å². The van der Waals surface area contributed by atoms with Crippen molar-refractivity contribution in [3.8, 4) is 0 Å². The fraction of sp³-hybridized carbons (Fsp3) is 0.500. The molecule has 14 heavy (non-hydrogen) atoms. The van der Waals surface area contributed by atoms with Gasteiger partial charge in [0, 0.05) is 6.42 Å². The normalized spacial score (nSPS) is 13.2. The average molecular weight is 310 g/mol. The van der Waals surface area contributed by atoms with E-state index in [1.807, 2.05) is 6.92 Å². The Bertz CT molecular complexity index is 146. The zero-order valence-corrected chi connectivity index (χ0v) is 11.8. The van der Waals surface area contributed by atoms with Crippen LogP contribution in [0.5, 0.6) is 0 Å². The molecule has 1 aliphatic carbocycles. The topological polar surface area (TPSA) is 53.7 Å². The Balaban J connectivity index is -0.0000000758. The van der Waals surface area contributed by atoms with Crippen molar-refractivity contribution in [2.24, 2.45) is 0 Å². The molecule has 0 heterocycles. The summed E-state index contributed by atoms with van der Waals surface area (Å²) < 4.78 is 0. The molecule has 1 unspecified atom stereocenters. The van der Waals surface area contributed by atoms with E-state index < -0.39 is 0 Å². The Morgan fingerprint density at radius 3 is 1.93 bits per heavy atom. The smallest absolute Gasteiger partial charge is 0.693 e. The van der Waals surface area contributed by atoms with Crippen LogP contribution in [0.15, 0.2) is 24.0 Å². The van der Waals surface area contributed by atoms with Crippen LogP contribution < -0.4 is 0 Å². The van der Waals surface area contributed by atoms with Crippen molar-refractivity contribution >= 4 is 9.90 Å². The molecule has 0 aliphatic heterocycles. The number of hydrogen-bond acceptors (Lipinski definition) is 1. The van der Waals surface area contributed by atoms with E-state index in [0.29, 0.717) is 5.76 Å². The molecule has 0 fully saturated rings. The third-order valence-electron chi connectivity index (χ3n) is 1.71. The molecule has 0 bridgehead atoms. The van der Waals surface area contributed by atoms with Crippen LogP contribution in [0.1, 0.15) is 32.6 Å². The van der Waals surface area contributed by atoms with Crippen molar-refractivity contribution < 1.29 is 25.5 Å². The summed E-state index contributed by atoms with van der Waals surface area (Å²) >= 11 is 0. The summed E-state index contributed by atoms with van der Waals surface area (Å²) in [6.07, 6.45) is 5.94. The summed E-state index contributed by atoms with van der Waals surface area (Å²) in [5, 5.41) is 9.06. The molecule has 3 N–H and O–H groups in total. The Morgan fingerprint density at radius 1 is 1.36 bits per heavy atom. The second-order valence-corrected chi connectivity index (χ2v) is 2.72. The van der Waals surface area contributed by atoms with E-state index in [4.69, 9.17) is 5.11 Å². The van der Waals surface area contributed by atoms with Crippen LogP contribution in [0.25, 0.3) is 6.15 Å². The standard InChI is InChI=1S/C7H12O.C3H5.H2N.H3P.Pd/c1-6-4-2-3-5-7(6)8;1-3-2;;;/h8H,2-5H2,1H3;3H,1-2H2;1H2;1H3;/q;2*-1;;+2. The third-order valence-corrected chi connectivity index (χ3v) is 1.71. The monoisotopic (exact) mass is 309 g/mol. The molecule has 0 aromatic carbocycles. The zero-order valence-electron chi connectivity index (χ0n) is 8.87. The average Bonchev–Trinajstić information content (AvgIpc) is 1.97. The van der Waals surface area contributed by atoms with Gasteiger partial charge in [0.15, 0.2) is 0 Å². The molecule has 88 valence electrons. The number of nitrogens with two attached hydrogens (primary N) is 1. The first kappa shape index (κ1) is 23.8. The molecular formula is C10H22NOPPd. The van der Waals surface area contributed by atoms with Gasteiger partial charge < -0.3 is 11.3 Å². The van der Waals surface area contributed by atoms with Crippen molar-refractivity contribution in [2.45, 2.75) is 32.6 Å². The zero-order chi connectivity index (χ0) is 8.69. The SMILES string of the molecule is C=C[CH2-].CC1=C(O)CCCC1.P.[NH2-].[Pd+2]. The predicted molar refractivity (Wildman–Crippen MR) is 65.7 cm³/mol. The van der Waals surface area contributed by atoms with E-state index in [9.17, 15) is 0 Å². The maximum Gasteiger partial charge on any atom is 2.00 e. The van der Waals surface area contributed by atoms with Gasteiger partial charge in [0.25, 0.3) is 0 Å². The fourth-order valence-corrected chi connectivity index (χ4v) is 1.04. The first-order chi connectivity index (χ1) is 5.22. The Kier molecular flexibility index (Phi) is 26.6. The first-order valence-corrected chi connectivity index (χ1v) is 4.00. The van der Waals surface area contributed by atoms with Crippen molar-refractivity contribution in [2.75, 3.05) is 0 Å². The number of rotatable bonds is 0. The van der Waals surface area contributed by atoms with Crippen molar-refractivity contribution in [1.29, 1.82) is 0 Å². The minimum absolute atomic E-state index is 0. The summed E-state index contributed by atoms with van der Waals surface area (Å²) in [5.74, 6) is 0.635. The Morgan fingerprint density at radius 2 is 1.71 bits per heavy atom. The van der Waals surface area contributed by atoms with Crippen LogP contribution in [0.2, 0.25) is 0 Å². The molecule has 0 aromatic heterocycles. The van der Waals surface area contributed by atoms with E-state index in [2.05, 4.69) is 13.5 Å². The molecule has 2 nitrogen and oxygen atoms in total. The maximum atomic E-state index is 9.06. The summed E-state index contributed by atoms with van der Waals surface area (Å²) in [6.45, 7) is 8.51. The number of hydrogen-bond donors (Lipinski definition) is 1. The van der Waals surface area contributed by atoms with Crippen LogP contribution >= 0.6 is 9.90 Å². The van der Waals surface area contributed by atoms with Gasteiger partial charge in [-0.3, -0.25) is 0 Å². The molecule has 0 amide bonds.